The van der Waals surface area contributed by atoms with Crippen molar-refractivity contribution in [2.75, 3.05) is 19.0 Å². The van der Waals surface area contributed by atoms with Gasteiger partial charge in [-0.05, 0) is 31.2 Å². The van der Waals surface area contributed by atoms with E-state index in [0.717, 1.165) is 0 Å². The number of halogens is 3. The maximum atomic E-state index is 12.9. The lowest BCUT2D eigenvalue weighted by Gasteiger charge is -2.17. The highest BCUT2D eigenvalue weighted by molar-refractivity contribution is 5.44. The third kappa shape index (κ3) is 3.79. The van der Waals surface area contributed by atoms with Gasteiger partial charge in [0.1, 0.15) is 11.9 Å². The number of fused-ring (bicyclic) bond motifs is 1. The number of methoxy groups -OCH3 is 1. The van der Waals surface area contributed by atoms with Crippen LogP contribution in [0.5, 0.6) is 11.5 Å². The third-order valence-electron chi connectivity index (χ3n) is 3.48. The van der Waals surface area contributed by atoms with Gasteiger partial charge in [0.05, 0.1) is 13.7 Å². The van der Waals surface area contributed by atoms with Crippen molar-refractivity contribution in [2.24, 2.45) is 0 Å². The summed E-state index contributed by atoms with van der Waals surface area (Å²) in [4.78, 5) is 0. The summed E-state index contributed by atoms with van der Waals surface area (Å²) in [6, 6.07) is 10.1. The van der Waals surface area contributed by atoms with E-state index in [2.05, 4.69) is 20.6 Å². The first-order valence-corrected chi connectivity index (χ1v) is 7.71. The molecule has 0 bridgehead atoms. The molecule has 10 heteroatoms. The van der Waals surface area contributed by atoms with Crippen LogP contribution in [0.15, 0.2) is 36.4 Å². The lowest BCUT2D eigenvalue weighted by Crippen LogP contribution is -2.23. The van der Waals surface area contributed by atoms with E-state index in [-0.39, 0.29) is 17.6 Å². The highest BCUT2D eigenvalue weighted by Crippen LogP contribution is 2.28. The van der Waals surface area contributed by atoms with Gasteiger partial charge in [0, 0.05) is 0 Å². The number of aromatic nitrogens is 4. The molecule has 26 heavy (non-hydrogen) atoms. The Balaban J connectivity index is 1.69. The molecule has 2 aromatic heterocycles. The molecule has 0 amide bonds. The molecular weight excluding hydrogens is 351 g/mol. The first-order chi connectivity index (χ1) is 12.4. The summed E-state index contributed by atoms with van der Waals surface area (Å²) in [5, 5.41) is 13.4. The summed E-state index contributed by atoms with van der Waals surface area (Å²) >= 11 is 0. The molecule has 0 radical (unpaired) electrons. The van der Waals surface area contributed by atoms with E-state index in [9.17, 15) is 13.2 Å². The summed E-state index contributed by atoms with van der Waals surface area (Å²) in [5.41, 5.74) is 0.0150. The van der Waals surface area contributed by atoms with Crippen molar-refractivity contribution >= 4 is 11.5 Å². The van der Waals surface area contributed by atoms with E-state index in [1.807, 2.05) is 19.1 Å². The Labute approximate surface area is 146 Å². The van der Waals surface area contributed by atoms with Crippen molar-refractivity contribution in [1.29, 1.82) is 0 Å². The monoisotopic (exact) mass is 367 g/mol. The number of para-hydroxylation sites is 2. The second-order valence-electron chi connectivity index (χ2n) is 5.47. The van der Waals surface area contributed by atoms with Crippen molar-refractivity contribution in [2.45, 2.75) is 19.2 Å². The van der Waals surface area contributed by atoms with Crippen LogP contribution in [-0.4, -0.2) is 39.6 Å². The van der Waals surface area contributed by atoms with E-state index in [1.54, 1.807) is 19.2 Å². The standard InChI is InChI=1S/C16H16F3N5O2/c1-10(26-12-6-4-3-5-11(12)25-2)9-20-13-7-8-14-21-22-15(16(17,18)19)24(14)23-13/h3-8,10H,9H2,1-2H3,(H,20,23). The molecule has 2 heterocycles. The summed E-state index contributed by atoms with van der Waals surface area (Å²) < 4.78 is 50.3. The topological polar surface area (TPSA) is 73.6 Å². The molecule has 0 aliphatic carbocycles. The largest absolute Gasteiger partial charge is 0.493 e. The number of ether oxygens (including phenoxy) is 2. The van der Waals surface area contributed by atoms with Crippen LogP contribution in [0, 0.1) is 0 Å². The van der Waals surface area contributed by atoms with Gasteiger partial charge in [0.25, 0.3) is 5.82 Å². The van der Waals surface area contributed by atoms with Crippen molar-refractivity contribution in [3.8, 4) is 11.5 Å². The minimum Gasteiger partial charge on any atom is -0.493 e. The molecule has 1 unspecified atom stereocenters. The van der Waals surface area contributed by atoms with Crippen molar-refractivity contribution in [1.82, 2.24) is 19.8 Å². The molecule has 1 N–H and O–H groups in total. The van der Waals surface area contributed by atoms with Crippen molar-refractivity contribution in [3.05, 3.63) is 42.2 Å². The van der Waals surface area contributed by atoms with Crippen molar-refractivity contribution < 1.29 is 22.6 Å². The Hall–Kier alpha value is -3.04. The Morgan fingerprint density at radius 1 is 1.12 bits per heavy atom. The average molecular weight is 367 g/mol. The molecule has 0 aliphatic heterocycles. The minimum absolute atomic E-state index is 0.0150. The molecule has 0 aliphatic rings. The van der Waals surface area contributed by atoms with Crippen LogP contribution in [0.3, 0.4) is 0 Å². The summed E-state index contributed by atoms with van der Waals surface area (Å²) in [6.45, 7) is 2.14. The lowest BCUT2D eigenvalue weighted by atomic mass is 10.3. The van der Waals surface area contributed by atoms with Crippen LogP contribution in [0.4, 0.5) is 19.0 Å². The Bertz CT molecular complexity index is 897. The van der Waals surface area contributed by atoms with E-state index >= 15 is 0 Å². The molecule has 0 saturated heterocycles. The normalized spacial score (nSPS) is 12.8. The quantitative estimate of drug-likeness (QED) is 0.722. The maximum Gasteiger partial charge on any atom is 0.453 e. The number of rotatable bonds is 6. The SMILES string of the molecule is COc1ccccc1OC(C)CNc1ccc2nnc(C(F)(F)F)n2n1. The van der Waals surface area contributed by atoms with E-state index < -0.39 is 12.0 Å². The molecule has 1 atom stereocenters. The van der Waals surface area contributed by atoms with Crippen LogP contribution in [0.1, 0.15) is 12.7 Å². The molecule has 0 spiro atoms. The van der Waals surface area contributed by atoms with Crippen LogP contribution in [0.2, 0.25) is 0 Å². The summed E-state index contributed by atoms with van der Waals surface area (Å²) in [6.07, 6.45) is -4.92. The lowest BCUT2D eigenvalue weighted by molar-refractivity contribution is -0.146. The van der Waals surface area contributed by atoms with E-state index in [1.165, 1.54) is 12.1 Å². The third-order valence-corrected chi connectivity index (χ3v) is 3.48. The Kier molecular flexibility index (Phi) is 4.83. The van der Waals surface area contributed by atoms with Gasteiger partial charge in [0.15, 0.2) is 17.1 Å². The molecule has 3 rings (SSSR count). The highest BCUT2D eigenvalue weighted by Gasteiger charge is 2.37. The Morgan fingerprint density at radius 2 is 1.85 bits per heavy atom. The van der Waals surface area contributed by atoms with Gasteiger partial charge in [-0.2, -0.15) is 17.7 Å². The molecule has 0 fully saturated rings. The number of nitrogens with zero attached hydrogens (tertiary/aromatic N) is 4. The van der Waals surface area contributed by atoms with Crippen LogP contribution in [-0.2, 0) is 6.18 Å². The van der Waals surface area contributed by atoms with Gasteiger partial charge in [-0.25, -0.2) is 0 Å². The van der Waals surface area contributed by atoms with Gasteiger partial charge in [-0.3, -0.25) is 0 Å². The molecule has 138 valence electrons. The molecule has 1 aromatic carbocycles. The highest BCUT2D eigenvalue weighted by atomic mass is 19.4. The van der Waals surface area contributed by atoms with E-state index in [4.69, 9.17) is 9.47 Å². The fraction of sp³-hybridized carbons (Fsp3) is 0.312. The van der Waals surface area contributed by atoms with Gasteiger partial charge >= 0.3 is 6.18 Å². The maximum absolute atomic E-state index is 12.9. The number of nitrogens with one attached hydrogen (secondary N) is 1. The van der Waals surface area contributed by atoms with Crippen molar-refractivity contribution in [3.63, 3.8) is 0 Å². The zero-order chi connectivity index (χ0) is 18.7. The Morgan fingerprint density at radius 3 is 2.54 bits per heavy atom. The predicted octanol–water partition coefficient (Wildman–Crippen LogP) is 3.03. The second kappa shape index (κ2) is 7.06. The molecular formula is C16H16F3N5O2. The van der Waals surface area contributed by atoms with Crippen LogP contribution < -0.4 is 14.8 Å². The second-order valence-corrected chi connectivity index (χ2v) is 5.47. The van der Waals surface area contributed by atoms with Gasteiger partial charge in [-0.15, -0.1) is 15.3 Å². The summed E-state index contributed by atoms with van der Waals surface area (Å²) in [5.74, 6) is 0.247. The van der Waals surface area contributed by atoms with Gasteiger partial charge < -0.3 is 14.8 Å². The fourth-order valence-electron chi connectivity index (χ4n) is 2.28. The minimum atomic E-state index is -4.63. The smallest absolute Gasteiger partial charge is 0.453 e. The first kappa shape index (κ1) is 17.8. The predicted molar refractivity (Wildman–Crippen MR) is 87.4 cm³/mol. The molecule has 3 aromatic rings. The number of hydrogen-bond donors (Lipinski definition) is 1. The van der Waals surface area contributed by atoms with Crippen LogP contribution >= 0.6 is 0 Å². The van der Waals surface area contributed by atoms with Gasteiger partial charge in [-0.1, -0.05) is 12.1 Å². The number of anilines is 1. The van der Waals surface area contributed by atoms with E-state index in [0.29, 0.717) is 22.6 Å². The zero-order valence-corrected chi connectivity index (χ0v) is 14.0. The van der Waals surface area contributed by atoms with Crippen LogP contribution in [0.25, 0.3) is 5.65 Å². The first-order valence-electron chi connectivity index (χ1n) is 7.71. The molecule has 7 nitrogen and oxygen atoms in total. The summed E-state index contributed by atoms with van der Waals surface area (Å²) in [7, 11) is 1.54. The fourth-order valence-corrected chi connectivity index (χ4v) is 2.28. The van der Waals surface area contributed by atoms with Gasteiger partial charge in [0.2, 0.25) is 0 Å². The zero-order valence-electron chi connectivity index (χ0n) is 14.0. The number of benzene rings is 1. The average Bonchev–Trinajstić information content (AvgIpc) is 3.04. The molecule has 0 saturated carbocycles. The number of alkyl halides is 3. The number of hydrogen-bond acceptors (Lipinski definition) is 6.